The molecule has 0 aliphatic carbocycles. The van der Waals surface area contributed by atoms with Crippen molar-refractivity contribution in [2.24, 2.45) is 0 Å². The van der Waals surface area contributed by atoms with Gasteiger partial charge in [0.1, 0.15) is 0 Å². The summed E-state index contributed by atoms with van der Waals surface area (Å²) in [6.45, 7) is 0. The third-order valence-electron chi connectivity index (χ3n) is 2.58. The van der Waals surface area contributed by atoms with Crippen LogP contribution >= 0.6 is 39.1 Å². The topological polar surface area (TPSA) is 49.3 Å². The van der Waals surface area contributed by atoms with Crippen molar-refractivity contribution in [2.45, 2.75) is 6.42 Å². The fourth-order valence-electron chi connectivity index (χ4n) is 1.64. The number of carbonyl (C=O) groups is 1. The highest BCUT2D eigenvalue weighted by Crippen LogP contribution is 2.35. The van der Waals surface area contributed by atoms with Crippen LogP contribution in [-0.4, -0.2) is 11.0 Å². The van der Waals surface area contributed by atoms with Gasteiger partial charge >= 0.3 is 0 Å². The summed E-state index contributed by atoms with van der Waals surface area (Å²) in [5, 5.41) is 12.8. The van der Waals surface area contributed by atoms with Gasteiger partial charge in [-0.25, -0.2) is 0 Å². The minimum absolute atomic E-state index is 0.0939. The summed E-state index contributed by atoms with van der Waals surface area (Å²) in [5.41, 5.74) is 1.06. The first-order valence-corrected chi connectivity index (χ1v) is 7.23. The molecule has 104 valence electrons. The number of carbonyl (C=O) groups excluding carboxylic acids is 1. The quantitative estimate of drug-likeness (QED) is 0.768. The lowest BCUT2D eigenvalue weighted by Crippen LogP contribution is -2.14. The summed E-state index contributed by atoms with van der Waals surface area (Å²) in [4.78, 5) is 11.9. The Morgan fingerprint density at radius 1 is 1.20 bits per heavy atom. The van der Waals surface area contributed by atoms with Crippen LogP contribution in [0.2, 0.25) is 10.0 Å². The smallest absolute Gasteiger partial charge is 0.228 e. The average molecular weight is 375 g/mol. The molecule has 0 heterocycles. The molecule has 0 bridgehead atoms. The van der Waals surface area contributed by atoms with E-state index in [1.807, 2.05) is 24.3 Å². The Morgan fingerprint density at radius 3 is 2.50 bits per heavy atom. The van der Waals surface area contributed by atoms with Gasteiger partial charge in [-0.15, -0.1) is 0 Å². The van der Waals surface area contributed by atoms with Crippen LogP contribution in [0.5, 0.6) is 5.75 Å². The zero-order chi connectivity index (χ0) is 14.7. The molecule has 0 aliphatic rings. The minimum Gasteiger partial charge on any atom is -0.504 e. The zero-order valence-corrected chi connectivity index (χ0v) is 13.3. The molecule has 2 rings (SSSR count). The van der Waals surface area contributed by atoms with Gasteiger partial charge in [0.2, 0.25) is 5.91 Å². The summed E-state index contributed by atoms with van der Waals surface area (Å²) in [7, 11) is 0. The fourth-order valence-corrected chi connectivity index (χ4v) is 2.40. The van der Waals surface area contributed by atoms with E-state index in [4.69, 9.17) is 23.2 Å². The van der Waals surface area contributed by atoms with Crippen LogP contribution in [0.3, 0.4) is 0 Å². The predicted octanol–water partition coefficient (Wildman–Crippen LogP) is 4.64. The first kappa shape index (κ1) is 15.2. The molecule has 0 fully saturated rings. The van der Waals surface area contributed by atoms with Gasteiger partial charge in [-0.2, -0.15) is 0 Å². The number of nitrogens with one attached hydrogen (secondary N) is 1. The monoisotopic (exact) mass is 373 g/mol. The van der Waals surface area contributed by atoms with Gasteiger partial charge in [0.05, 0.1) is 17.1 Å². The third kappa shape index (κ3) is 3.88. The molecule has 1 amide bonds. The molecule has 0 radical (unpaired) electrons. The molecular weight excluding hydrogens is 365 g/mol. The second-order valence-electron chi connectivity index (χ2n) is 4.14. The number of amides is 1. The molecule has 2 aromatic rings. The molecule has 2 N–H and O–H groups in total. The summed E-state index contributed by atoms with van der Waals surface area (Å²) < 4.78 is 0.945. The van der Waals surface area contributed by atoms with E-state index >= 15 is 0 Å². The summed E-state index contributed by atoms with van der Waals surface area (Å²) in [6, 6.07) is 10.3. The lowest BCUT2D eigenvalue weighted by atomic mass is 10.1. The zero-order valence-electron chi connectivity index (χ0n) is 10.2. The number of halogens is 3. The maximum absolute atomic E-state index is 11.9. The number of benzene rings is 2. The number of anilines is 1. The molecule has 0 spiro atoms. The molecular formula is C14H10BrCl2NO2. The van der Waals surface area contributed by atoms with E-state index in [2.05, 4.69) is 21.2 Å². The van der Waals surface area contributed by atoms with Crippen LogP contribution in [0, 0.1) is 0 Å². The van der Waals surface area contributed by atoms with Gasteiger partial charge in [-0.1, -0.05) is 51.3 Å². The predicted molar refractivity (Wildman–Crippen MR) is 84.6 cm³/mol. The van der Waals surface area contributed by atoms with Crippen molar-refractivity contribution in [3.05, 3.63) is 56.5 Å². The largest absolute Gasteiger partial charge is 0.504 e. The summed E-state index contributed by atoms with van der Waals surface area (Å²) >= 11 is 14.9. The summed E-state index contributed by atoms with van der Waals surface area (Å²) in [5.74, 6) is -0.457. The summed E-state index contributed by atoms with van der Waals surface area (Å²) in [6.07, 6.45) is 0.191. The van der Waals surface area contributed by atoms with Gasteiger partial charge in [-0.05, 0) is 29.8 Å². The van der Waals surface area contributed by atoms with E-state index in [1.54, 1.807) is 0 Å². The van der Waals surface area contributed by atoms with E-state index in [0.717, 1.165) is 10.0 Å². The van der Waals surface area contributed by atoms with Crippen molar-refractivity contribution in [1.82, 2.24) is 0 Å². The van der Waals surface area contributed by atoms with Gasteiger partial charge in [0.15, 0.2) is 5.75 Å². The Balaban J connectivity index is 2.10. The van der Waals surface area contributed by atoms with E-state index < -0.39 is 0 Å². The second kappa shape index (κ2) is 6.48. The van der Waals surface area contributed by atoms with Gasteiger partial charge in [0.25, 0.3) is 0 Å². The first-order chi connectivity index (χ1) is 9.45. The van der Waals surface area contributed by atoms with Crippen molar-refractivity contribution in [1.29, 1.82) is 0 Å². The number of hydrogen-bond acceptors (Lipinski definition) is 2. The van der Waals surface area contributed by atoms with Crippen molar-refractivity contribution in [3.63, 3.8) is 0 Å². The standard InChI is InChI=1S/C14H10BrCl2NO2/c15-9-3-1-8(2-4-9)5-13(19)18-12-7-10(16)6-11(17)14(12)20/h1-4,6-7,20H,5H2,(H,18,19). The lowest BCUT2D eigenvalue weighted by Gasteiger charge is -2.09. The highest BCUT2D eigenvalue weighted by Gasteiger charge is 2.11. The van der Waals surface area contributed by atoms with Crippen molar-refractivity contribution in [2.75, 3.05) is 5.32 Å². The Labute approximate surface area is 134 Å². The van der Waals surface area contributed by atoms with Crippen molar-refractivity contribution in [3.8, 4) is 5.75 Å². The molecule has 0 saturated carbocycles. The third-order valence-corrected chi connectivity index (χ3v) is 3.62. The van der Waals surface area contributed by atoms with E-state index in [-0.39, 0.29) is 28.8 Å². The van der Waals surface area contributed by atoms with Crippen LogP contribution in [0.4, 0.5) is 5.69 Å². The number of phenolic OH excluding ortho intramolecular Hbond substituents is 1. The Bertz CT molecular complexity index is 644. The maximum Gasteiger partial charge on any atom is 0.228 e. The second-order valence-corrected chi connectivity index (χ2v) is 5.89. The molecule has 2 aromatic carbocycles. The van der Waals surface area contributed by atoms with E-state index in [1.165, 1.54) is 12.1 Å². The molecule has 0 saturated heterocycles. The molecule has 0 atom stereocenters. The number of hydrogen-bond donors (Lipinski definition) is 2. The molecule has 20 heavy (non-hydrogen) atoms. The minimum atomic E-state index is -0.263. The van der Waals surface area contributed by atoms with Crippen molar-refractivity contribution < 1.29 is 9.90 Å². The Kier molecular flexibility index (Phi) is 4.91. The normalized spacial score (nSPS) is 10.3. The van der Waals surface area contributed by atoms with E-state index in [9.17, 15) is 9.90 Å². The van der Waals surface area contributed by atoms with Crippen LogP contribution < -0.4 is 5.32 Å². The average Bonchev–Trinajstić information content (AvgIpc) is 2.38. The van der Waals surface area contributed by atoms with Gasteiger partial charge < -0.3 is 10.4 Å². The molecule has 0 aromatic heterocycles. The first-order valence-electron chi connectivity index (χ1n) is 5.68. The van der Waals surface area contributed by atoms with Crippen LogP contribution in [0.1, 0.15) is 5.56 Å². The lowest BCUT2D eigenvalue weighted by molar-refractivity contribution is -0.115. The highest BCUT2D eigenvalue weighted by molar-refractivity contribution is 9.10. The SMILES string of the molecule is O=C(Cc1ccc(Br)cc1)Nc1cc(Cl)cc(Cl)c1O. The molecule has 0 aliphatic heterocycles. The number of rotatable bonds is 3. The Morgan fingerprint density at radius 2 is 1.85 bits per heavy atom. The van der Waals surface area contributed by atoms with Crippen molar-refractivity contribution >= 4 is 50.7 Å². The number of phenols is 1. The van der Waals surface area contributed by atoms with Crippen LogP contribution in [-0.2, 0) is 11.2 Å². The fraction of sp³-hybridized carbons (Fsp3) is 0.0714. The van der Waals surface area contributed by atoms with Crippen LogP contribution in [0.25, 0.3) is 0 Å². The van der Waals surface area contributed by atoms with Gasteiger partial charge in [0, 0.05) is 9.50 Å². The highest BCUT2D eigenvalue weighted by atomic mass is 79.9. The molecule has 0 unspecified atom stereocenters. The molecule has 3 nitrogen and oxygen atoms in total. The Hall–Kier alpha value is -1.23. The van der Waals surface area contributed by atoms with Crippen LogP contribution in [0.15, 0.2) is 40.9 Å². The maximum atomic E-state index is 11.9. The molecule has 6 heteroatoms. The van der Waals surface area contributed by atoms with E-state index in [0.29, 0.717) is 5.02 Å². The van der Waals surface area contributed by atoms with Gasteiger partial charge in [-0.3, -0.25) is 4.79 Å². The number of aromatic hydroxyl groups is 1.